The molecule has 2 aromatic carbocycles. The summed E-state index contributed by atoms with van der Waals surface area (Å²) in [5.74, 6) is 0.461. The van der Waals surface area contributed by atoms with E-state index in [1.165, 1.54) is 0 Å². The molecule has 0 aromatic heterocycles. The Morgan fingerprint density at radius 2 is 1.43 bits per heavy atom. The van der Waals surface area contributed by atoms with E-state index in [9.17, 15) is 9.59 Å². The lowest BCUT2D eigenvalue weighted by Gasteiger charge is -2.03. The smallest absolute Gasteiger partial charge is 0.449 e. The minimum absolute atomic E-state index is 0.219. The Morgan fingerprint density at radius 1 is 0.870 bits per heavy atom. The van der Waals surface area contributed by atoms with Gasteiger partial charge < -0.3 is 19.7 Å². The summed E-state index contributed by atoms with van der Waals surface area (Å²) in [5, 5.41) is 17.1. The molecule has 6 nitrogen and oxygen atoms in total. The van der Waals surface area contributed by atoms with Crippen molar-refractivity contribution in [3.05, 3.63) is 58.1 Å². The molecule has 0 fully saturated rings. The van der Waals surface area contributed by atoms with E-state index in [0.717, 1.165) is 11.1 Å². The Hall–Kier alpha value is -2.80. The number of halogens is 1. The Labute approximate surface area is 139 Å². The normalized spacial score (nSPS) is 10.5. The molecule has 0 saturated carbocycles. The molecule has 0 atom stereocenters. The highest BCUT2D eigenvalue weighted by Gasteiger charge is 2.04. The largest absolute Gasteiger partial charge is 0.511 e. The summed E-state index contributed by atoms with van der Waals surface area (Å²) in [4.78, 5) is 20.9. The maximum absolute atomic E-state index is 10.5. The third-order valence-corrected chi connectivity index (χ3v) is 3.40. The van der Waals surface area contributed by atoms with Crippen LogP contribution in [0.5, 0.6) is 11.5 Å². The van der Waals surface area contributed by atoms with Gasteiger partial charge in [-0.3, -0.25) is 0 Å². The van der Waals surface area contributed by atoms with Gasteiger partial charge in [0, 0.05) is 4.47 Å². The molecule has 2 aromatic rings. The van der Waals surface area contributed by atoms with Gasteiger partial charge in [0.25, 0.3) is 0 Å². The van der Waals surface area contributed by atoms with Crippen molar-refractivity contribution < 1.29 is 29.3 Å². The van der Waals surface area contributed by atoms with E-state index in [1.807, 2.05) is 12.2 Å². The standard InChI is InChI=1S/C16H11BrO6/c17-14-9-13(23-16(20)21)8-5-11(14)4-1-10-2-6-12(7-3-10)22-15(18)19/h1-9H,(H,18,19)(H,20,21)/b4-1-. The summed E-state index contributed by atoms with van der Waals surface area (Å²) in [6.45, 7) is 0. The first-order valence-corrected chi connectivity index (χ1v) is 7.12. The van der Waals surface area contributed by atoms with Gasteiger partial charge in [0.05, 0.1) is 0 Å². The monoisotopic (exact) mass is 378 g/mol. The molecule has 23 heavy (non-hydrogen) atoms. The second-order valence-corrected chi connectivity index (χ2v) is 5.18. The SMILES string of the molecule is O=C(O)Oc1ccc(/C=C\c2ccc(OC(=O)O)cc2Br)cc1. The average molecular weight is 379 g/mol. The summed E-state index contributed by atoms with van der Waals surface area (Å²) < 4.78 is 9.76. The van der Waals surface area contributed by atoms with Gasteiger partial charge in [0.1, 0.15) is 11.5 Å². The topological polar surface area (TPSA) is 93.1 Å². The van der Waals surface area contributed by atoms with E-state index in [0.29, 0.717) is 4.47 Å². The van der Waals surface area contributed by atoms with Crippen LogP contribution in [-0.2, 0) is 0 Å². The summed E-state index contributed by atoms with van der Waals surface area (Å²) in [5.41, 5.74) is 1.68. The Bertz CT molecular complexity index is 752. The number of hydrogen-bond acceptors (Lipinski definition) is 4. The van der Waals surface area contributed by atoms with Crippen molar-refractivity contribution in [2.75, 3.05) is 0 Å². The van der Waals surface area contributed by atoms with Crippen LogP contribution < -0.4 is 9.47 Å². The summed E-state index contributed by atoms with van der Waals surface area (Å²) in [6.07, 6.45) is 0.911. The van der Waals surface area contributed by atoms with E-state index in [4.69, 9.17) is 10.2 Å². The van der Waals surface area contributed by atoms with Gasteiger partial charge in [-0.05, 0) is 35.4 Å². The van der Waals surface area contributed by atoms with Crippen molar-refractivity contribution in [2.45, 2.75) is 0 Å². The van der Waals surface area contributed by atoms with Gasteiger partial charge in [-0.2, -0.15) is 0 Å². The van der Waals surface area contributed by atoms with Crippen LogP contribution in [0.25, 0.3) is 12.2 Å². The maximum atomic E-state index is 10.5. The molecule has 118 valence electrons. The molecule has 0 amide bonds. The second-order valence-electron chi connectivity index (χ2n) is 4.32. The predicted molar refractivity (Wildman–Crippen MR) is 86.8 cm³/mol. The van der Waals surface area contributed by atoms with Gasteiger partial charge in [-0.15, -0.1) is 0 Å². The highest BCUT2D eigenvalue weighted by atomic mass is 79.9. The predicted octanol–water partition coefficient (Wildman–Crippen LogP) is 4.73. The fraction of sp³-hybridized carbons (Fsp3) is 0. The fourth-order valence-electron chi connectivity index (χ4n) is 1.74. The van der Waals surface area contributed by atoms with Crippen LogP contribution in [-0.4, -0.2) is 22.5 Å². The molecule has 0 radical (unpaired) electrons. The fourth-order valence-corrected chi connectivity index (χ4v) is 2.23. The lowest BCUT2D eigenvalue weighted by Crippen LogP contribution is -2.02. The molecule has 0 saturated heterocycles. The minimum Gasteiger partial charge on any atom is -0.449 e. The Balaban J connectivity index is 2.10. The molecule has 7 heteroatoms. The lowest BCUT2D eigenvalue weighted by atomic mass is 10.1. The maximum Gasteiger partial charge on any atom is 0.511 e. The van der Waals surface area contributed by atoms with Gasteiger partial charge in [-0.25, -0.2) is 9.59 Å². The Morgan fingerprint density at radius 3 is 2.00 bits per heavy atom. The van der Waals surface area contributed by atoms with Gasteiger partial charge in [0.2, 0.25) is 0 Å². The zero-order valence-electron chi connectivity index (χ0n) is 11.6. The van der Waals surface area contributed by atoms with Crippen molar-refractivity contribution in [3.8, 4) is 11.5 Å². The number of benzene rings is 2. The molecule has 0 aliphatic carbocycles. The van der Waals surface area contributed by atoms with Crippen LogP contribution in [0.1, 0.15) is 11.1 Å². The lowest BCUT2D eigenvalue weighted by molar-refractivity contribution is 0.143. The third-order valence-electron chi connectivity index (χ3n) is 2.72. The zero-order chi connectivity index (χ0) is 16.8. The van der Waals surface area contributed by atoms with Crippen molar-refractivity contribution in [2.24, 2.45) is 0 Å². The highest BCUT2D eigenvalue weighted by molar-refractivity contribution is 9.10. The first-order chi connectivity index (χ1) is 10.9. The molecule has 0 bridgehead atoms. The van der Waals surface area contributed by atoms with E-state index >= 15 is 0 Å². The van der Waals surface area contributed by atoms with E-state index < -0.39 is 12.3 Å². The van der Waals surface area contributed by atoms with E-state index in [-0.39, 0.29) is 11.5 Å². The molecular weight excluding hydrogens is 368 g/mol. The van der Waals surface area contributed by atoms with Gasteiger partial charge >= 0.3 is 12.3 Å². The van der Waals surface area contributed by atoms with Crippen molar-refractivity contribution in [1.29, 1.82) is 0 Å². The number of carboxylic acid groups (broad SMARTS) is 2. The highest BCUT2D eigenvalue weighted by Crippen LogP contribution is 2.25. The van der Waals surface area contributed by atoms with Crippen LogP contribution in [0.2, 0.25) is 0 Å². The quantitative estimate of drug-likeness (QED) is 0.453. The third kappa shape index (κ3) is 5.15. The number of ether oxygens (including phenoxy) is 2. The Kier molecular flexibility index (Phi) is 5.37. The van der Waals surface area contributed by atoms with Crippen LogP contribution in [0.4, 0.5) is 9.59 Å². The zero-order valence-corrected chi connectivity index (χ0v) is 13.2. The van der Waals surface area contributed by atoms with Gasteiger partial charge in [0.15, 0.2) is 0 Å². The molecule has 0 aliphatic rings. The number of hydrogen-bond donors (Lipinski definition) is 2. The minimum atomic E-state index is -1.37. The van der Waals surface area contributed by atoms with Crippen molar-refractivity contribution in [1.82, 2.24) is 0 Å². The number of carbonyl (C=O) groups is 2. The average Bonchev–Trinajstić information content (AvgIpc) is 2.47. The molecule has 0 spiro atoms. The van der Waals surface area contributed by atoms with E-state index in [1.54, 1.807) is 42.5 Å². The van der Waals surface area contributed by atoms with Crippen LogP contribution in [0.15, 0.2) is 46.9 Å². The second kappa shape index (κ2) is 7.46. The summed E-state index contributed by atoms with van der Waals surface area (Å²) in [7, 11) is 0. The van der Waals surface area contributed by atoms with Crippen molar-refractivity contribution >= 4 is 40.4 Å². The molecular formula is C16H11BrO6. The van der Waals surface area contributed by atoms with Crippen LogP contribution >= 0.6 is 15.9 Å². The first kappa shape index (κ1) is 16.6. The van der Waals surface area contributed by atoms with Crippen molar-refractivity contribution in [3.63, 3.8) is 0 Å². The number of rotatable bonds is 4. The molecule has 0 aliphatic heterocycles. The van der Waals surface area contributed by atoms with Crippen LogP contribution in [0.3, 0.4) is 0 Å². The van der Waals surface area contributed by atoms with E-state index in [2.05, 4.69) is 25.4 Å². The molecule has 2 N–H and O–H groups in total. The molecule has 0 unspecified atom stereocenters. The summed E-state index contributed by atoms with van der Waals surface area (Å²) >= 11 is 3.34. The molecule has 2 rings (SSSR count). The van der Waals surface area contributed by atoms with Crippen LogP contribution in [0, 0.1) is 0 Å². The first-order valence-electron chi connectivity index (χ1n) is 6.33. The summed E-state index contributed by atoms with van der Waals surface area (Å²) in [6, 6.07) is 11.3. The van der Waals surface area contributed by atoms with Gasteiger partial charge in [-0.1, -0.05) is 46.3 Å². The molecule has 0 heterocycles.